The van der Waals surface area contributed by atoms with E-state index >= 15 is 4.39 Å². The number of methoxy groups -OCH3 is 1. The minimum Gasteiger partial charge on any atom is -0.479 e. The predicted octanol–water partition coefficient (Wildman–Crippen LogP) is 2.82. The van der Waals surface area contributed by atoms with Crippen molar-refractivity contribution in [3.63, 3.8) is 0 Å². The topological polar surface area (TPSA) is 332 Å². The number of imidazole rings is 2. The summed E-state index contributed by atoms with van der Waals surface area (Å²) in [5.74, 6) is 0.116. The van der Waals surface area contributed by atoms with Crippen molar-refractivity contribution < 1.29 is 65.9 Å². The summed E-state index contributed by atoms with van der Waals surface area (Å²) in [6, 6.07) is 16.1. The third kappa shape index (κ3) is 9.87. The lowest BCUT2D eigenvalue weighted by Crippen LogP contribution is -2.44. The minimum absolute atomic E-state index is 0.0751. The molecule has 0 bridgehead atoms. The second-order valence-corrected chi connectivity index (χ2v) is 19.1. The van der Waals surface area contributed by atoms with Crippen LogP contribution in [0.15, 0.2) is 73.3 Å². The number of anilines is 2. The normalized spacial score (nSPS) is 26.9. The molecule has 0 saturated carbocycles. The highest BCUT2D eigenvalue weighted by molar-refractivity contribution is 7.52. The molecule has 2 aliphatic heterocycles. The van der Waals surface area contributed by atoms with E-state index in [1.165, 1.54) is 60.1 Å². The molecule has 67 heavy (non-hydrogen) atoms. The molecule has 0 aliphatic carbocycles. The van der Waals surface area contributed by atoms with E-state index in [0.29, 0.717) is 0 Å². The largest absolute Gasteiger partial charge is 0.479 e. The molecular formula is C39H49FN12O13P2. The molecule has 6 heterocycles. The summed E-state index contributed by atoms with van der Waals surface area (Å²) in [6.45, 7) is 2.65. The van der Waals surface area contributed by atoms with Crippen LogP contribution in [0.1, 0.15) is 33.2 Å². The molecule has 360 valence electrons. The van der Waals surface area contributed by atoms with E-state index in [9.17, 15) is 24.4 Å². The number of nitrogens with two attached hydrogens (primary N) is 2. The fourth-order valence-electron chi connectivity index (χ4n) is 7.44. The van der Waals surface area contributed by atoms with Crippen LogP contribution in [0.25, 0.3) is 22.3 Å². The van der Waals surface area contributed by atoms with Crippen LogP contribution in [0.5, 0.6) is 23.3 Å². The van der Waals surface area contributed by atoms with Crippen LogP contribution in [0, 0.1) is 0 Å². The molecule has 4 aromatic heterocycles. The molecule has 10 atom stereocenters. The molecule has 8 rings (SSSR count). The Bertz CT molecular complexity index is 2780. The zero-order chi connectivity index (χ0) is 47.7. The van der Waals surface area contributed by atoms with Crippen molar-refractivity contribution in [1.82, 2.24) is 49.2 Å². The molecule has 25 nitrogen and oxygen atoms in total. The second-order valence-electron chi connectivity index (χ2n) is 15.6. The highest BCUT2D eigenvalue weighted by atomic mass is 31.2. The second kappa shape index (κ2) is 19.2. The molecule has 6 aromatic rings. The first kappa shape index (κ1) is 47.8. The van der Waals surface area contributed by atoms with Gasteiger partial charge in [0, 0.05) is 13.1 Å². The molecule has 2 unspecified atom stereocenters. The lowest BCUT2D eigenvalue weighted by molar-refractivity contribution is -0.0948. The molecule has 2 aromatic carbocycles. The summed E-state index contributed by atoms with van der Waals surface area (Å²) in [7, 11) is -7.44. The summed E-state index contributed by atoms with van der Waals surface area (Å²) in [6.07, 6.45) is -6.35. The van der Waals surface area contributed by atoms with E-state index in [1.54, 1.807) is 43.3 Å². The molecular weight excluding hydrogens is 925 g/mol. The number of nitrogen functional groups attached to an aromatic ring is 2. The number of aromatic nitrogens is 8. The van der Waals surface area contributed by atoms with Crippen LogP contribution in [0.2, 0.25) is 0 Å². The Hall–Kier alpha value is -5.63. The lowest BCUT2D eigenvalue weighted by atomic mass is 9.96. The van der Waals surface area contributed by atoms with Crippen LogP contribution < -0.4 is 40.2 Å². The molecule has 0 spiro atoms. The number of fused-ring (bicyclic) bond motifs is 2. The van der Waals surface area contributed by atoms with Gasteiger partial charge >= 0.3 is 15.5 Å². The van der Waals surface area contributed by atoms with Gasteiger partial charge in [-0.2, -0.15) is 19.9 Å². The Labute approximate surface area is 381 Å². The number of hydrogen-bond donors (Lipinski definition) is 7. The van der Waals surface area contributed by atoms with E-state index in [0.717, 1.165) is 6.92 Å². The third-order valence-corrected chi connectivity index (χ3v) is 13.9. The summed E-state index contributed by atoms with van der Waals surface area (Å²) < 4.78 is 93.9. The van der Waals surface area contributed by atoms with E-state index in [2.05, 4.69) is 40.1 Å². The van der Waals surface area contributed by atoms with Gasteiger partial charge in [-0.3, -0.25) is 18.2 Å². The van der Waals surface area contributed by atoms with E-state index in [1.807, 2.05) is 0 Å². The van der Waals surface area contributed by atoms with Crippen molar-refractivity contribution in [2.24, 2.45) is 0 Å². The maximum absolute atomic E-state index is 16.4. The zero-order valence-corrected chi connectivity index (χ0v) is 38.1. The van der Waals surface area contributed by atoms with E-state index < -0.39 is 76.8 Å². The molecule has 2 aliphatic rings. The monoisotopic (exact) mass is 974 g/mol. The van der Waals surface area contributed by atoms with Crippen LogP contribution in [-0.2, 0) is 27.7 Å². The Morgan fingerprint density at radius 3 is 1.72 bits per heavy atom. The third-order valence-electron chi connectivity index (χ3n) is 10.8. The number of hydrogen-bond acceptors (Lipinski definition) is 21. The minimum atomic E-state index is -4.42. The number of para-hydroxylation sites is 2. The van der Waals surface area contributed by atoms with Crippen molar-refractivity contribution in [3.05, 3.63) is 73.3 Å². The van der Waals surface area contributed by atoms with Gasteiger partial charge in [0.1, 0.15) is 41.5 Å². The van der Waals surface area contributed by atoms with Crippen LogP contribution in [0.4, 0.5) is 16.3 Å². The smallest absolute Gasteiger partial charge is 0.458 e. The lowest BCUT2D eigenvalue weighted by Gasteiger charge is -2.27. The molecule has 0 amide bonds. The molecule has 2 saturated heterocycles. The van der Waals surface area contributed by atoms with Gasteiger partial charge in [-0.25, -0.2) is 33.7 Å². The number of rotatable bonds is 20. The number of ether oxygens (including phenoxy) is 4. The number of benzene rings is 2. The molecule has 9 N–H and O–H groups in total. The molecule has 0 radical (unpaired) electrons. The maximum atomic E-state index is 16.4. The Balaban J connectivity index is 0.954. The summed E-state index contributed by atoms with van der Waals surface area (Å²) in [4.78, 5) is 25.0. The SMILES string of the molecule is CCOc1nc(N)nc2c1ncn2[C@@H]1O[C@H](COP(=O)(NCCNP(=O)(OC[C@H]2O[C@@H](n3cnc4c(OC)nc(N)nc43)[C@](C)(O)[C@@H]2O)Oc2ccccc2)Oc2ccccc2)[C@@H](O)[C@@]1(C)F. The number of halogens is 1. The van der Waals surface area contributed by atoms with Crippen molar-refractivity contribution in [2.45, 2.75) is 68.9 Å². The van der Waals surface area contributed by atoms with Crippen LogP contribution >= 0.6 is 15.5 Å². The Morgan fingerprint density at radius 1 is 0.746 bits per heavy atom. The fraction of sp³-hybridized carbons (Fsp3) is 0.436. The summed E-state index contributed by atoms with van der Waals surface area (Å²) in [5.41, 5.74) is 7.98. The number of alkyl halides is 1. The average molecular weight is 975 g/mol. The quantitative estimate of drug-likeness (QED) is 0.0427. The van der Waals surface area contributed by atoms with Crippen molar-refractivity contribution in [3.8, 4) is 23.3 Å². The molecule has 2 fully saturated rings. The average Bonchev–Trinajstić information content (AvgIpc) is 4.02. The zero-order valence-electron chi connectivity index (χ0n) is 36.4. The van der Waals surface area contributed by atoms with Crippen LogP contribution in [0.3, 0.4) is 0 Å². The number of nitrogens with one attached hydrogen (secondary N) is 2. The number of aliphatic hydroxyl groups excluding tert-OH is 2. The first-order valence-corrected chi connectivity index (χ1v) is 23.8. The van der Waals surface area contributed by atoms with E-state index in [-0.39, 0.29) is 77.2 Å². The molecule has 28 heteroatoms. The standard InChI is InChI=1S/C39H49FN12O13P2/c1-5-59-33-27-31(48-37(42)50-33)51(20-44-27)34-38(2,40)28(53)24(62-34)18-60-66(56,64-22-12-8-6-9-13-22)45-16-17-46-67(57,65-23-14-10-7-11-15-23)61-19-25-29(54)39(3,55)35(63-25)52-21-43-26-30(52)47-36(41)49-32(26)58-4/h6-15,20-21,24-25,28-29,34-35,53-55H,5,16-19H2,1-4H3,(H,45,56)(H,46,57)(H2,41,47,49)(H2,42,48,50)/t24-,25-,28-,29-,34-,35-,38-,39-,66?,67?/m1/s1. The number of aliphatic hydroxyl groups is 3. The van der Waals surface area contributed by atoms with Crippen LogP contribution in [-0.4, -0.2) is 130 Å². The highest BCUT2D eigenvalue weighted by Gasteiger charge is 2.56. The van der Waals surface area contributed by atoms with Gasteiger partial charge in [0.25, 0.3) is 0 Å². The fourth-order valence-corrected chi connectivity index (χ4v) is 10.1. The number of nitrogens with zero attached hydrogens (tertiary/aromatic N) is 8. The first-order valence-electron chi connectivity index (χ1n) is 20.7. The van der Waals surface area contributed by atoms with Gasteiger partial charge in [0.15, 0.2) is 40.5 Å². The van der Waals surface area contributed by atoms with Gasteiger partial charge in [0.05, 0.1) is 39.6 Å². The summed E-state index contributed by atoms with van der Waals surface area (Å²) >= 11 is 0. The Kier molecular flexibility index (Phi) is 13.7. The van der Waals surface area contributed by atoms with E-state index in [4.69, 9.17) is 48.5 Å². The van der Waals surface area contributed by atoms with Gasteiger partial charge in [-0.05, 0) is 45.0 Å². The van der Waals surface area contributed by atoms with Crippen molar-refractivity contribution in [2.75, 3.05) is 51.5 Å². The highest BCUT2D eigenvalue weighted by Crippen LogP contribution is 2.49. The maximum Gasteiger partial charge on any atom is 0.458 e. The van der Waals surface area contributed by atoms with Gasteiger partial charge < -0.3 is 54.8 Å². The van der Waals surface area contributed by atoms with Gasteiger partial charge in [-0.1, -0.05) is 36.4 Å². The van der Waals surface area contributed by atoms with Crippen molar-refractivity contribution in [1.29, 1.82) is 0 Å². The van der Waals surface area contributed by atoms with Crippen molar-refractivity contribution >= 4 is 49.7 Å². The summed E-state index contributed by atoms with van der Waals surface area (Å²) in [5, 5.41) is 39.4. The van der Waals surface area contributed by atoms with Gasteiger partial charge in [0.2, 0.25) is 23.7 Å². The Morgan fingerprint density at radius 2 is 1.21 bits per heavy atom. The first-order chi connectivity index (χ1) is 31.9. The van der Waals surface area contributed by atoms with Gasteiger partial charge in [-0.15, -0.1) is 0 Å². The predicted molar refractivity (Wildman–Crippen MR) is 234 cm³/mol.